The van der Waals surface area contributed by atoms with Crippen LogP contribution in [-0.4, -0.2) is 34.6 Å². The van der Waals surface area contributed by atoms with Gasteiger partial charge in [-0.3, -0.25) is 14.3 Å². The lowest BCUT2D eigenvalue weighted by molar-refractivity contribution is -0.384. The Kier molecular flexibility index (Phi) is 5.20. The fraction of sp³-hybridized carbons (Fsp3) is 0.400. The van der Waals surface area contributed by atoms with Crippen LogP contribution in [0.25, 0.3) is 0 Å². The largest absolute Gasteiger partial charge is 0.383 e. The number of nitrogens with zero attached hydrogens (tertiary/aromatic N) is 1. The number of methoxy groups -OCH3 is 1. The van der Waals surface area contributed by atoms with E-state index in [0.717, 1.165) is 0 Å². The summed E-state index contributed by atoms with van der Waals surface area (Å²) in [5.41, 5.74) is 5.65. The SMILES string of the molecule is COCC(N)CS(=O)c1ccc([N+](=O)[O-])cc1. The molecule has 2 atom stereocenters. The molecule has 0 fully saturated rings. The number of rotatable bonds is 6. The molecule has 1 aromatic carbocycles. The highest BCUT2D eigenvalue weighted by Crippen LogP contribution is 2.14. The molecular weight excluding hydrogens is 244 g/mol. The highest BCUT2D eigenvalue weighted by atomic mass is 32.2. The topological polar surface area (TPSA) is 95.5 Å². The van der Waals surface area contributed by atoms with Crippen LogP contribution in [0.15, 0.2) is 29.2 Å². The van der Waals surface area contributed by atoms with Crippen molar-refractivity contribution in [2.24, 2.45) is 5.73 Å². The Morgan fingerprint density at radius 1 is 1.47 bits per heavy atom. The Bertz CT molecular complexity index is 407. The molecule has 7 heteroatoms. The van der Waals surface area contributed by atoms with E-state index >= 15 is 0 Å². The number of nitro benzene ring substituents is 1. The molecule has 0 heterocycles. The zero-order valence-electron chi connectivity index (χ0n) is 9.37. The first-order chi connectivity index (χ1) is 8.04. The third-order valence-corrected chi connectivity index (χ3v) is 3.59. The summed E-state index contributed by atoms with van der Waals surface area (Å²) in [4.78, 5) is 10.5. The lowest BCUT2D eigenvalue weighted by Crippen LogP contribution is -2.31. The molecule has 0 aliphatic heterocycles. The molecule has 17 heavy (non-hydrogen) atoms. The molecule has 94 valence electrons. The lowest BCUT2D eigenvalue weighted by Gasteiger charge is -2.09. The van der Waals surface area contributed by atoms with Crippen molar-refractivity contribution in [1.29, 1.82) is 0 Å². The van der Waals surface area contributed by atoms with Crippen molar-refractivity contribution in [1.82, 2.24) is 0 Å². The van der Waals surface area contributed by atoms with Crippen molar-refractivity contribution in [2.75, 3.05) is 19.5 Å². The summed E-state index contributed by atoms with van der Waals surface area (Å²) in [6.07, 6.45) is 0. The van der Waals surface area contributed by atoms with E-state index in [4.69, 9.17) is 10.5 Å². The maximum absolute atomic E-state index is 11.8. The summed E-state index contributed by atoms with van der Waals surface area (Å²) in [6, 6.07) is 5.31. The minimum Gasteiger partial charge on any atom is -0.383 e. The monoisotopic (exact) mass is 258 g/mol. The number of ether oxygens (including phenoxy) is 1. The van der Waals surface area contributed by atoms with Crippen molar-refractivity contribution in [3.8, 4) is 0 Å². The van der Waals surface area contributed by atoms with Gasteiger partial charge in [0.15, 0.2) is 0 Å². The van der Waals surface area contributed by atoms with Gasteiger partial charge < -0.3 is 10.5 Å². The molecule has 1 aromatic rings. The van der Waals surface area contributed by atoms with Crippen LogP contribution in [0.1, 0.15) is 0 Å². The Morgan fingerprint density at radius 2 is 2.06 bits per heavy atom. The third-order valence-electron chi connectivity index (χ3n) is 2.06. The minimum absolute atomic E-state index is 0.0214. The molecule has 0 amide bonds. The van der Waals surface area contributed by atoms with Gasteiger partial charge in [0.05, 0.1) is 22.3 Å². The fourth-order valence-corrected chi connectivity index (χ4v) is 2.39. The van der Waals surface area contributed by atoms with Crippen LogP contribution in [0.3, 0.4) is 0 Å². The van der Waals surface area contributed by atoms with Gasteiger partial charge in [-0.25, -0.2) is 0 Å². The average molecular weight is 258 g/mol. The minimum atomic E-state index is -1.26. The molecule has 2 N–H and O–H groups in total. The molecule has 0 aromatic heterocycles. The van der Waals surface area contributed by atoms with Gasteiger partial charge in [0, 0.05) is 35.9 Å². The second-order valence-corrected chi connectivity index (χ2v) is 4.97. The Hall–Kier alpha value is -1.31. The van der Waals surface area contributed by atoms with E-state index in [0.29, 0.717) is 11.5 Å². The smallest absolute Gasteiger partial charge is 0.269 e. The second kappa shape index (κ2) is 6.43. The first kappa shape index (κ1) is 13.8. The van der Waals surface area contributed by atoms with Crippen LogP contribution in [-0.2, 0) is 15.5 Å². The fourth-order valence-electron chi connectivity index (χ4n) is 1.27. The lowest BCUT2D eigenvalue weighted by atomic mass is 10.3. The molecule has 0 aliphatic carbocycles. The summed E-state index contributed by atoms with van der Waals surface area (Å²) in [5, 5.41) is 10.4. The second-order valence-electron chi connectivity index (χ2n) is 3.48. The number of non-ortho nitro benzene ring substituents is 1. The highest BCUT2D eigenvalue weighted by Gasteiger charge is 2.11. The maximum Gasteiger partial charge on any atom is 0.269 e. The first-order valence-electron chi connectivity index (χ1n) is 4.92. The zero-order valence-corrected chi connectivity index (χ0v) is 10.2. The average Bonchev–Trinajstić information content (AvgIpc) is 2.29. The van der Waals surface area contributed by atoms with Crippen LogP contribution in [0.4, 0.5) is 5.69 Å². The number of nitro groups is 1. The van der Waals surface area contributed by atoms with Gasteiger partial charge >= 0.3 is 0 Å². The van der Waals surface area contributed by atoms with E-state index < -0.39 is 15.7 Å². The summed E-state index contributed by atoms with van der Waals surface area (Å²) in [7, 11) is 0.258. The summed E-state index contributed by atoms with van der Waals surface area (Å²) in [5.74, 6) is 0.269. The van der Waals surface area contributed by atoms with Crippen LogP contribution in [0, 0.1) is 10.1 Å². The zero-order chi connectivity index (χ0) is 12.8. The number of nitrogens with two attached hydrogens (primary N) is 1. The van der Waals surface area contributed by atoms with Crippen molar-refractivity contribution in [2.45, 2.75) is 10.9 Å². The van der Waals surface area contributed by atoms with Gasteiger partial charge in [-0.1, -0.05) is 0 Å². The summed E-state index contributed by atoms with van der Waals surface area (Å²) >= 11 is 0. The van der Waals surface area contributed by atoms with Crippen LogP contribution < -0.4 is 5.73 Å². The molecule has 0 aliphatic rings. The number of benzene rings is 1. The van der Waals surface area contributed by atoms with Crippen LogP contribution in [0.5, 0.6) is 0 Å². The number of hydrogen-bond acceptors (Lipinski definition) is 5. The molecule has 0 spiro atoms. The molecule has 1 rings (SSSR count). The molecule has 0 saturated heterocycles. The standard InChI is InChI=1S/C10H14N2O4S/c1-16-6-8(11)7-17(15)10-4-2-9(3-5-10)12(13)14/h2-5,8H,6-7,11H2,1H3. The Balaban J connectivity index is 2.66. The van der Waals surface area contributed by atoms with E-state index in [1.807, 2.05) is 0 Å². The predicted molar refractivity (Wildman–Crippen MR) is 64.2 cm³/mol. The van der Waals surface area contributed by atoms with Crippen molar-refractivity contribution >= 4 is 16.5 Å². The summed E-state index contributed by atoms with van der Waals surface area (Å²) in [6.45, 7) is 0.332. The van der Waals surface area contributed by atoms with E-state index in [1.165, 1.54) is 31.4 Å². The Morgan fingerprint density at radius 3 is 2.53 bits per heavy atom. The molecular formula is C10H14N2O4S. The quantitative estimate of drug-likeness (QED) is 0.598. The molecule has 2 unspecified atom stereocenters. The van der Waals surface area contributed by atoms with Crippen molar-refractivity contribution in [3.63, 3.8) is 0 Å². The van der Waals surface area contributed by atoms with E-state index in [9.17, 15) is 14.3 Å². The van der Waals surface area contributed by atoms with E-state index in [2.05, 4.69) is 0 Å². The molecule has 6 nitrogen and oxygen atoms in total. The molecule has 0 bridgehead atoms. The van der Waals surface area contributed by atoms with Crippen molar-refractivity contribution in [3.05, 3.63) is 34.4 Å². The van der Waals surface area contributed by atoms with Crippen LogP contribution in [0.2, 0.25) is 0 Å². The van der Waals surface area contributed by atoms with E-state index in [-0.39, 0.29) is 17.5 Å². The number of hydrogen-bond donors (Lipinski definition) is 1. The predicted octanol–water partition coefficient (Wildman–Crippen LogP) is 0.676. The first-order valence-corrected chi connectivity index (χ1v) is 6.24. The van der Waals surface area contributed by atoms with E-state index in [1.54, 1.807) is 0 Å². The van der Waals surface area contributed by atoms with Gasteiger partial charge in [-0.05, 0) is 12.1 Å². The van der Waals surface area contributed by atoms with Gasteiger partial charge in [-0.2, -0.15) is 0 Å². The van der Waals surface area contributed by atoms with Crippen molar-refractivity contribution < 1.29 is 13.9 Å². The highest BCUT2D eigenvalue weighted by molar-refractivity contribution is 7.85. The molecule has 0 saturated carbocycles. The van der Waals surface area contributed by atoms with Gasteiger partial charge in [0.25, 0.3) is 5.69 Å². The third kappa shape index (κ3) is 4.22. The Labute approximate surface area is 101 Å². The normalized spacial score (nSPS) is 14.2. The summed E-state index contributed by atoms with van der Waals surface area (Å²) < 4.78 is 16.7. The maximum atomic E-state index is 11.8. The van der Waals surface area contributed by atoms with Gasteiger partial charge in [0.2, 0.25) is 0 Å². The molecule has 0 radical (unpaired) electrons. The van der Waals surface area contributed by atoms with Crippen LogP contribution >= 0.6 is 0 Å². The van der Waals surface area contributed by atoms with Gasteiger partial charge in [0.1, 0.15) is 0 Å². The van der Waals surface area contributed by atoms with Gasteiger partial charge in [-0.15, -0.1) is 0 Å².